The monoisotopic (exact) mass is 1500 g/mol. The van der Waals surface area contributed by atoms with Crippen LogP contribution in [0.5, 0.6) is 0 Å². The van der Waals surface area contributed by atoms with Crippen molar-refractivity contribution >= 4 is 19.8 Å². The summed E-state index contributed by atoms with van der Waals surface area (Å²) in [5.74, 6) is -0.809. The van der Waals surface area contributed by atoms with E-state index in [1.807, 2.05) is 21.1 Å². The molecule has 0 heterocycles. The van der Waals surface area contributed by atoms with Gasteiger partial charge in [0.1, 0.15) is 19.8 Å². The van der Waals surface area contributed by atoms with Crippen LogP contribution in [0.15, 0.2) is 97.2 Å². The Morgan fingerprint density at radius 3 is 0.802 bits per heavy atom. The van der Waals surface area contributed by atoms with Crippen LogP contribution in [-0.2, 0) is 32.7 Å². The van der Waals surface area contributed by atoms with Crippen LogP contribution in [0.4, 0.5) is 0 Å². The lowest BCUT2D eigenvalue weighted by Crippen LogP contribution is -2.37. The van der Waals surface area contributed by atoms with E-state index in [1.165, 1.54) is 340 Å². The molecular formula is C96H176NO8P. The number of hydrogen-bond donors (Lipinski definition) is 0. The molecule has 0 saturated carbocycles. The number of rotatable bonds is 86. The van der Waals surface area contributed by atoms with Crippen molar-refractivity contribution < 1.29 is 42.1 Å². The Labute approximate surface area is 659 Å². The molecule has 0 rings (SSSR count). The zero-order chi connectivity index (χ0) is 76.8. The second kappa shape index (κ2) is 85.9. The third kappa shape index (κ3) is 89.8. The molecule has 10 heteroatoms. The van der Waals surface area contributed by atoms with Gasteiger partial charge in [-0.1, -0.05) is 439 Å². The maximum atomic E-state index is 12.9. The lowest BCUT2D eigenvalue weighted by Gasteiger charge is -2.28. The summed E-state index contributed by atoms with van der Waals surface area (Å²) in [5, 5.41) is 0. The van der Waals surface area contributed by atoms with Gasteiger partial charge in [-0.25, -0.2) is 0 Å². The normalized spacial score (nSPS) is 13.4. The van der Waals surface area contributed by atoms with E-state index in [4.69, 9.17) is 18.5 Å². The van der Waals surface area contributed by atoms with Crippen molar-refractivity contribution in [2.45, 2.75) is 457 Å². The van der Waals surface area contributed by atoms with Crippen molar-refractivity contribution in [3.8, 4) is 0 Å². The lowest BCUT2D eigenvalue weighted by molar-refractivity contribution is -0.870. The number of hydrogen-bond acceptors (Lipinski definition) is 8. The Kier molecular flexibility index (Phi) is 83.4. The highest BCUT2D eigenvalue weighted by molar-refractivity contribution is 7.45. The van der Waals surface area contributed by atoms with Gasteiger partial charge in [0.25, 0.3) is 7.82 Å². The Morgan fingerprint density at radius 1 is 0.302 bits per heavy atom. The number of unbranched alkanes of at least 4 members (excludes halogenated alkanes) is 56. The van der Waals surface area contributed by atoms with Gasteiger partial charge in [0.15, 0.2) is 6.10 Å². The molecule has 0 aliphatic rings. The molecule has 2 atom stereocenters. The predicted octanol–water partition coefficient (Wildman–Crippen LogP) is 30.7. The minimum Gasteiger partial charge on any atom is -0.756 e. The summed E-state index contributed by atoms with van der Waals surface area (Å²) in [5.41, 5.74) is 0. The summed E-state index contributed by atoms with van der Waals surface area (Å²) in [6.07, 6.45) is 122. The zero-order valence-electron chi connectivity index (χ0n) is 70.9. The van der Waals surface area contributed by atoms with Crippen LogP contribution in [0.25, 0.3) is 0 Å². The van der Waals surface area contributed by atoms with Crippen molar-refractivity contribution in [1.82, 2.24) is 0 Å². The first kappa shape index (κ1) is 103. The molecule has 0 saturated heterocycles. The predicted molar refractivity (Wildman–Crippen MR) is 462 cm³/mol. The fourth-order valence-electron chi connectivity index (χ4n) is 13.6. The summed E-state index contributed by atoms with van der Waals surface area (Å²) in [4.78, 5) is 38.3. The highest BCUT2D eigenvalue weighted by Gasteiger charge is 2.22. The number of esters is 2. The molecule has 0 N–H and O–H groups in total. The van der Waals surface area contributed by atoms with Crippen LogP contribution in [0, 0.1) is 0 Å². The standard InChI is InChI=1S/C96H176NO8P/c1-6-8-10-12-14-16-18-20-22-24-26-28-30-32-34-36-38-40-42-44-46-48-50-52-54-56-58-60-62-64-66-68-70-72-74-76-78-80-82-84-86-88-95(98)102-92-94(93-104-106(100,101)103-91-90-97(3,4)5)105-96(99)89-87-85-83-81-79-77-75-73-71-69-67-65-63-61-59-57-55-53-51-49-47-45-43-41-39-37-35-33-31-29-27-25-23-21-19-17-15-13-11-9-7-2/h9,11,15,17-18,20-21,23-24,26-27,29,33,35,39,41,94H,6-8,10,12-14,16,19,22,25,28,30-32,34,36-38,40,42-93H2,1-5H3/b11-9-,17-15-,20-18-,23-21-,26-24-,29-27-,35-33-,41-39-. The highest BCUT2D eigenvalue weighted by atomic mass is 31.2. The van der Waals surface area contributed by atoms with Crippen molar-refractivity contribution in [2.24, 2.45) is 0 Å². The number of likely N-dealkylation sites (N-methyl/N-ethyl adjacent to an activating group) is 1. The van der Waals surface area contributed by atoms with Crippen LogP contribution in [0.3, 0.4) is 0 Å². The molecule has 0 bridgehead atoms. The molecular weight excluding hydrogens is 1330 g/mol. The molecule has 106 heavy (non-hydrogen) atoms. The fraction of sp³-hybridized carbons (Fsp3) is 0.812. The quantitative estimate of drug-likeness (QED) is 0.0195. The van der Waals surface area contributed by atoms with E-state index in [0.717, 1.165) is 77.0 Å². The molecule has 0 aliphatic heterocycles. The van der Waals surface area contributed by atoms with E-state index in [0.29, 0.717) is 17.4 Å². The van der Waals surface area contributed by atoms with E-state index in [2.05, 4.69) is 111 Å². The van der Waals surface area contributed by atoms with E-state index >= 15 is 0 Å². The minimum atomic E-state index is -4.65. The fourth-order valence-corrected chi connectivity index (χ4v) is 14.4. The van der Waals surface area contributed by atoms with Crippen molar-refractivity contribution in [2.75, 3.05) is 47.5 Å². The smallest absolute Gasteiger partial charge is 0.306 e. The summed E-state index contributed by atoms with van der Waals surface area (Å²) in [7, 11) is 1.19. The average Bonchev–Trinajstić information content (AvgIpc) is 0.908. The van der Waals surface area contributed by atoms with Crippen LogP contribution in [-0.4, -0.2) is 70.0 Å². The van der Waals surface area contributed by atoms with Gasteiger partial charge >= 0.3 is 11.9 Å². The second-order valence-electron chi connectivity index (χ2n) is 32.3. The number of allylic oxidation sites excluding steroid dienone is 16. The largest absolute Gasteiger partial charge is 0.756 e. The third-order valence-corrected chi connectivity index (χ3v) is 21.6. The molecule has 9 nitrogen and oxygen atoms in total. The molecule has 0 aromatic carbocycles. The average molecular weight is 1500 g/mol. The van der Waals surface area contributed by atoms with Crippen LogP contribution in [0.1, 0.15) is 450 Å². The van der Waals surface area contributed by atoms with Crippen LogP contribution in [0.2, 0.25) is 0 Å². The molecule has 618 valence electrons. The maximum Gasteiger partial charge on any atom is 0.306 e. The van der Waals surface area contributed by atoms with Gasteiger partial charge in [0, 0.05) is 12.8 Å². The Balaban J connectivity index is 3.85. The van der Waals surface area contributed by atoms with Gasteiger partial charge in [-0.15, -0.1) is 0 Å². The maximum absolute atomic E-state index is 12.9. The van der Waals surface area contributed by atoms with Gasteiger partial charge in [-0.3, -0.25) is 14.2 Å². The Bertz CT molecular complexity index is 2120. The van der Waals surface area contributed by atoms with Crippen LogP contribution >= 0.6 is 7.82 Å². The molecule has 0 aliphatic carbocycles. The Morgan fingerprint density at radius 2 is 0.538 bits per heavy atom. The minimum absolute atomic E-state index is 0.0293. The molecule has 2 unspecified atom stereocenters. The molecule has 0 amide bonds. The first-order chi connectivity index (χ1) is 52.0. The van der Waals surface area contributed by atoms with Crippen molar-refractivity contribution in [3.05, 3.63) is 97.2 Å². The number of quaternary nitrogens is 1. The van der Waals surface area contributed by atoms with Crippen LogP contribution < -0.4 is 4.89 Å². The number of ether oxygens (including phenoxy) is 2. The number of carbonyl (C=O) groups is 2. The molecule has 0 aromatic heterocycles. The van der Waals surface area contributed by atoms with Gasteiger partial charge in [0.2, 0.25) is 0 Å². The Hall–Kier alpha value is -3.07. The number of nitrogens with zero attached hydrogens (tertiary/aromatic N) is 1. The van der Waals surface area contributed by atoms with E-state index < -0.39 is 26.5 Å². The van der Waals surface area contributed by atoms with Crippen molar-refractivity contribution in [1.29, 1.82) is 0 Å². The number of carbonyl (C=O) groups excluding carboxylic acids is 2. The lowest BCUT2D eigenvalue weighted by atomic mass is 10.0. The first-order valence-corrected chi connectivity index (χ1v) is 47.4. The molecule has 0 aromatic rings. The number of phosphoric acid groups is 1. The first-order valence-electron chi connectivity index (χ1n) is 45.9. The summed E-state index contributed by atoms with van der Waals surface area (Å²) in [6, 6.07) is 0. The van der Waals surface area contributed by atoms with E-state index in [-0.39, 0.29) is 32.0 Å². The molecule has 0 radical (unpaired) electrons. The van der Waals surface area contributed by atoms with Gasteiger partial charge < -0.3 is 27.9 Å². The molecule has 0 spiro atoms. The topological polar surface area (TPSA) is 111 Å². The second-order valence-corrected chi connectivity index (χ2v) is 33.7. The SMILES string of the molecule is CC/C=C\C/C=C\C/C=C\C/C=C\C/C=C\C/C=C\CCCCCCCCCCCCCCCCCCCCCCCCC(=O)OC(COC(=O)CCCCCCCCCCCCCCCCCCCCCCCCCCCCCCC/C=C\C/C=C\CCCCCCC)COP(=O)([O-])OCC[N+](C)(C)C. The van der Waals surface area contributed by atoms with Gasteiger partial charge in [-0.05, 0) is 96.3 Å². The summed E-state index contributed by atoms with van der Waals surface area (Å²) < 4.78 is 34.5. The summed E-state index contributed by atoms with van der Waals surface area (Å²) >= 11 is 0. The van der Waals surface area contributed by atoms with Crippen molar-refractivity contribution in [3.63, 3.8) is 0 Å². The van der Waals surface area contributed by atoms with E-state index in [9.17, 15) is 19.0 Å². The van der Waals surface area contributed by atoms with E-state index in [1.54, 1.807) is 0 Å². The zero-order valence-corrected chi connectivity index (χ0v) is 71.8. The van der Waals surface area contributed by atoms with Gasteiger partial charge in [-0.2, -0.15) is 0 Å². The third-order valence-electron chi connectivity index (χ3n) is 20.6. The summed E-state index contributed by atoms with van der Waals surface area (Å²) in [6.45, 7) is 4.18. The van der Waals surface area contributed by atoms with Gasteiger partial charge in [0.05, 0.1) is 27.7 Å². The molecule has 0 fully saturated rings. The number of phosphoric ester groups is 1. The highest BCUT2D eigenvalue weighted by Crippen LogP contribution is 2.38.